The molecule has 1 heterocycles. The smallest absolute Gasteiger partial charge is 0.127 e. The first-order valence-electron chi connectivity index (χ1n) is 5.99. The van der Waals surface area contributed by atoms with E-state index in [1.165, 1.54) is 6.07 Å². The second-order valence-electron chi connectivity index (χ2n) is 4.64. The van der Waals surface area contributed by atoms with Gasteiger partial charge in [0.25, 0.3) is 0 Å². The summed E-state index contributed by atoms with van der Waals surface area (Å²) >= 11 is 5.94. The van der Waals surface area contributed by atoms with Crippen molar-refractivity contribution in [2.75, 3.05) is 26.7 Å². The van der Waals surface area contributed by atoms with Gasteiger partial charge in [-0.3, -0.25) is 0 Å². The number of aliphatic hydroxyl groups excluding tert-OH is 1. The summed E-state index contributed by atoms with van der Waals surface area (Å²) in [5.74, 6) is -0.384. The first-order valence-corrected chi connectivity index (χ1v) is 6.37. The number of hydrogen-bond acceptors (Lipinski definition) is 3. The fraction of sp³-hybridized carbons (Fsp3) is 0.538. The molecule has 0 aromatic heterocycles. The lowest BCUT2D eigenvalue weighted by atomic mass is 10.0. The number of rotatable bonds is 3. The number of ether oxygens (including phenoxy) is 1. The van der Waals surface area contributed by atoms with Crippen LogP contribution < -0.4 is 0 Å². The maximum Gasteiger partial charge on any atom is 0.127 e. The first kappa shape index (κ1) is 13.7. The Bertz CT molecular complexity index is 396. The molecule has 18 heavy (non-hydrogen) atoms. The monoisotopic (exact) mass is 273 g/mol. The summed E-state index contributed by atoms with van der Waals surface area (Å²) in [6.45, 7) is 2.08. The SMILES string of the molecule is CN1CCOC(C(O)Cc2c(F)cccc2Cl)C1. The van der Waals surface area contributed by atoms with Crippen molar-refractivity contribution in [3.8, 4) is 0 Å². The Labute approximate surface area is 111 Å². The van der Waals surface area contributed by atoms with Crippen LogP contribution in [-0.4, -0.2) is 49.0 Å². The number of aliphatic hydroxyl groups is 1. The molecule has 0 amide bonds. The van der Waals surface area contributed by atoms with Crippen molar-refractivity contribution in [1.82, 2.24) is 4.90 Å². The molecule has 5 heteroatoms. The van der Waals surface area contributed by atoms with Gasteiger partial charge in [0.15, 0.2) is 0 Å². The zero-order valence-electron chi connectivity index (χ0n) is 10.3. The highest BCUT2D eigenvalue weighted by molar-refractivity contribution is 6.31. The zero-order valence-corrected chi connectivity index (χ0v) is 11.0. The first-order chi connectivity index (χ1) is 8.58. The normalized spacial score (nSPS) is 23.0. The maximum atomic E-state index is 13.6. The number of nitrogens with zero attached hydrogens (tertiary/aromatic N) is 1. The fourth-order valence-electron chi connectivity index (χ4n) is 2.11. The summed E-state index contributed by atoms with van der Waals surface area (Å²) in [7, 11) is 1.97. The second kappa shape index (κ2) is 5.97. The third kappa shape index (κ3) is 3.20. The van der Waals surface area contributed by atoms with Crippen LogP contribution in [0.2, 0.25) is 5.02 Å². The lowest BCUT2D eigenvalue weighted by Crippen LogP contribution is -2.46. The predicted octanol–water partition coefficient (Wildman–Crippen LogP) is 1.71. The number of likely N-dealkylation sites (N-methyl/N-ethyl adjacent to an activating group) is 1. The van der Waals surface area contributed by atoms with Crippen LogP contribution >= 0.6 is 11.6 Å². The van der Waals surface area contributed by atoms with E-state index in [-0.39, 0.29) is 18.3 Å². The molecule has 2 unspecified atom stereocenters. The van der Waals surface area contributed by atoms with Crippen molar-refractivity contribution in [2.45, 2.75) is 18.6 Å². The predicted molar refractivity (Wildman–Crippen MR) is 68.4 cm³/mol. The van der Waals surface area contributed by atoms with Gasteiger partial charge in [-0.2, -0.15) is 0 Å². The lowest BCUT2D eigenvalue weighted by molar-refractivity contribution is -0.0824. The fourth-order valence-corrected chi connectivity index (χ4v) is 2.35. The molecule has 0 saturated carbocycles. The highest BCUT2D eigenvalue weighted by Crippen LogP contribution is 2.22. The molecule has 1 aliphatic rings. The topological polar surface area (TPSA) is 32.7 Å². The minimum Gasteiger partial charge on any atom is -0.390 e. The molecule has 1 aliphatic heterocycles. The van der Waals surface area contributed by atoms with Crippen molar-refractivity contribution in [1.29, 1.82) is 0 Å². The molecule has 100 valence electrons. The second-order valence-corrected chi connectivity index (χ2v) is 5.05. The molecule has 1 aromatic rings. The van der Waals surface area contributed by atoms with E-state index in [1.54, 1.807) is 12.1 Å². The van der Waals surface area contributed by atoms with E-state index in [2.05, 4.69) is 4.90 Å². The molecule has 2 atom stereocenters. The van der Waals surface area contributed by atoms with Crippen LogP contribution in [0.15, 0.2) is 18.2 Å². The van der Waals surface area contributed by atoms with Crippen LogP contribution in [0.5, 0.6) is 0 Å². The van der Waals surface area contributed by atoms with Crippen molar-refractivity contribution >= 4 is 11.6 Å². The van der Waals surface area contributed by atoms with E-state index < -0.39 is 6.10 Å². The number of morpholine rings is 1. The summed E-state index contributed by atoms with van der Waals surface area (Å²) in [4.78, 5) is 2.08. The summed E-state index contributed by atoms with van der Waals surface area (Å²) in [5, 5.41) is 10.5. The molecule has 0 bridgehead atoms. The van der Waals surface area contributed by atoms with Gasteiger partial charge in [-0.25, -0.2) is 4.39 Å². The largest absolute Gasteiger partial charge is 0.390 e. The average Bonchev–Trinajstić information content (AvgIpc) is 2.34. The average molecular weight is 274 g/mol. The molecule has 3 nitrogen and oxygen atoms in total. The highest BCUT2D eigenvalue weighted by atomic mass is 35.5. The van der Waals surface area contributed by atoms with Crippen LogP contribution in [-0.2, 0) is 11.2 Å². The van der Waals surface area contributed by atoms with Crippen LogP contribution in [0.1, 0.15) is 5.56 Å². The quantitative estimate of drug-likeness (QED) is 0.910. The Morgan fingerprint density at radius 2 is 2.39 bits per heavy atom. The minimum atomic E-state index is -0.748. The molecular weight excluding hydrogens is 257 g/mol. The lowest BCUT2D eigenvalue weighted by Gasteiger charge is -2.33. The van der Waals surface area contributed by atoms with Crippen molar-refractivity contribution in [3.63, 3.8) is 0 Å². The Morgan fingerprint density at radius 3 is 3.06 bits per heavy atom. The van der Waals surface area contributed by atoms with Crippen LogP contribution in [0.25, 0.3) is 0 Å². The zero-order chi connectivity index (χ0) is 13.1. The van der Waals surface area contributed by atoms with Gasteiger partial charge in [0.05, 0.1) is 18.8 Å². The minimum absolute atomic E-state index is 0.171. The van der Waals surface area contributed by atoms with E-state index >= 15 is 0 Å². The van der Waals surface area contributed by atoms with Gasteiger partial charge in [0, 0.05) is 30.1 Å². The van der Waals surface area contributed by atoms with Crippen molar-refractivity contribution in [3.05, 3.63) is 34.6 Å². The van der Waals surface area contributed by atoms with E-state index in [0.717, 1.165) is 6.54 Å². The highest BCUT2D eigenvalue weighted by Gasteiger charge is 2.26. The molecular formula is C13H17ClFNO2. The number of hydrogen-bond donors (Lipinski definition) is 1. The third-order valence-electron chi connectivity index (χ3n) is 3.20. The molecule has 1 saturated heterocycles. The van der Waals surface area contributed by atoms with E-state index in [1.807, 2.05) is 7.05 Å². The molecule has 2 rings (SSSR count). The summed E-state index contributed by atoms with van der Waals surface area (Å²) < 4.78 is 19.1. The standard InChI is InChI=1S/C13H17ClFNO2/c1-16-5-6-18-13(8-16)12(17)7-9-10(14)3-2-4-11(9)15/h2-4,12-13,17H,5-8H2,1H3. The van der Waals surface area contributed by atoms with Crippen LogP contribution in [0.4, 0.5) is 4.39 Å². The van der Waals surface area contributed by atoms with E-state index in [0.29, 0.717) is 23.7 Å². The van der Waals surface area contributed by atoms with Crippen LogP contribution in [0.3, 0.4) is 0 Å². The third-order valence-corrected chi connectivity index (χ3v) is 3.55. The Hall–Kier alpha value is -0.680. The van der Waals surface area contributed by atoms with Crippen molar-refractivity contribution in [2.24, 2.45) is 0 Å². The van der Waals surface area contributed by atoms with Gasteiger partial charge in [-0.1, -0.05) is 17.7 Å². The Balaban J connectivity index is 2.04. The molecule has 1 fully saturated rings. The maximum absolute atomic E-state index is 13.6. The van der Waals surface area contributed by atoms with E-state index in [4.69, 9.17) is 16.3 Å². The van der Waals surface area contributed by atoms with Gasteiger partial charge in [0.2, 0.25) is 0 Å². The number of benzene rings is 1. The van der Waals surface area contributed by atoms with Gasteiger partial charge in [-0.05, 0) is 19.2 Å². The molecule has 1 N–H and O–H groups in total. The van der Waals surface area contributed by atoms with Gasteiger partial charge in [-0.15, -0.1) is 0 Å². The Morgan fingerprint density at radius 1 is 1.61 bits per heavy atom. The molecule has 0 radical (unpaired) electrons. The summed E-state index contributed by atoms with van der Waals surface area (Å²) in [6.07, 6.45) is -0.870. The van der Waals surface area contributed by atoms with Crippen LogP contribution in [0, 0.1) is 5.82 Å². The summed E-state index contributed by atoms with van der Waals surface area (Å²) in [5.41, 5.74) is 0.350. The molecule has 1 aromatic carbocycles. The summed E-state index contributed by atoms with van der Waals surface area (Å²) in [6, 6.07) is 4.53. The van der Waals surface area contributed by atoms with Gasteiger partial charge < -0.3 is 14.7 Å². The van der Waals surface area contributed by atoms with Gasteiger partial charge in [0.1, 0.15) is 5.82 Å². The number of halogens is 2. The molecule has 0 spiro atoms. The van der Waals surface area contributed by atoms with Gasteiger partial charge >= 0.3 is 0 Å². The van der Waals surface area contributed by atoms with E-state index in [9.17, 15) is 9.50 Å². The van der Waals surface area contributed by atoms with Crippen molar-refractivity contribution < 1.29 is 14.2 Å². The molecule has 0 aliphatic carbocycles. The Kier molecular flexibility index (Phi) is 4.56.